The van der Waals surface area contributed by atoms with E-state index in [9.17, 15) is 23.4 Å². The molecule has 0 aliphatic carbocycles. The number of hydrogen-bond acceptors (Lipinski definition) is 6. The van der Waals surface area contributed by atoms with Crippen LogP contribution >= 0.6 is 11.6 Å². The number of imidazole rings is 1. The van der Waals surface area contributed by atoms with Crippen LogP contribution in [-0.4, -0.2) is 46.2 Å². The number of nitrogens with one attached hydrogen (secondary N) is 2. The summed E-state index contributed by atoms with van der Waals surface area (Å²) >= 11 is 6.23. The number of carboxylic acid groups (broad SMARTS) is 1. The molecule has 0 amide bonds. The number of sulfonamides is 1. The quantitative estimate of drug-likeness (QED) is 0.211. The normalized spacial score (nSPS) is 12.9. The van der Waals surface area contributed by atoms with Crippen LogP contribution in [-0.2, 0) is 16.6 Å². The third-order valence-electron chi connectivity index (χ3n) is 6.29. The fourth-order valence-electron chi connectivity index (χ4n) is 4.04. The summed E-state index contributed by atoms with van der Waals surface area (Å²) in [6.07, 6.45) is 1.45. The first-order valence-corrected chi connectivity index (χ1v) is 13.8. The maximum absolute atomic E-state index is 12.6. The van der Waals surface area contributed by atoms with Crippen LogP contribution in [0.15, 0.2) is 78.0 Å². The molecule has 0 saturated heterocycles. The maximum Gasteiger partial charge on any atom is 0.337 e. The van der Waals surface area contributed by atoms with Crippen LogP contribution < -0.4 is 10.0 Å². The number of aromatic carboxylic acids is 1. The van der Waals surface area contributed by atoms with Gasteiger partial charge >= 0.3 is 5.97 Å². The van der Waals surface area contributed by atoms with Crippen molar-refractivity contribution in [3.8, 4) is 0 Å². The Morgan fingerprint density at radius 3 is 2.55 bits per heavy atom. The van der Waals surface area contributed by atoms with Gasteiger partial charge in [0, 0.05) is 24.3 Å². The van der Waals surface area contributed by atoms with Gasteiger partial charge in [0.05, 0.1) is 33.4 Å². The van der Waals surface area contributed by atoms with Crippen LogP contribution in [0.1, 0.15) is 42.3 Å². The summed E-state index contributed by atoms with van der Waals surface area (Å²) in [7, 11) is -3.74. The predicted octanol–water partition coefficient (Wildman–Crippen LogP) is 4.68. The molecule has 0 radical (unpaired) electrons. The van der Waals surface area contributed by atoms with Crippen LogP contribution in [0.3, 0.4) is 0 Å². The Kier molecular flexibility index (Phi) is 8.08. The van der Waals surface area contributed by atoms with Gasteiger partial charge in [-0.2, -0.15) is 0 Å². The monoisotopic (exact) mass is 556 g/mol. The lowest BCUT2D eigenvalue weighted by Gasteiger charge is -2.28. The molecule has 0 fully saturated rings. The summed E-state index contributed by atoms with van der Waals surface area (Å²) in [4.78, 5) is 15.8. The number of nitrogens with zero attached hydrogens (tertiary/aromatic N) is 2. The number of benzene rings is 3. The molecular formula is C27H29ClN4O5S. The van der Waals surface area contributed by atoms with Gasteiger partial charge in [-0.15, -0.1) is 0 Å². The van der Waals surface area contributed by atoms with Gasteiger partial charge in [0.25, 0.3) is 10.0 Å². The van der Waals surface area contributed by atoms with E-state index in [0.717, 1.165) is 5.52 Å². The molecule has 0 bridgehead atoms. The molecular weight excluding hydrogens is 528 g/mol. The smallest absolute Gasteiger partial charge is 0.337 e. The van der Waals surface area contributed by atoms with E-state index in [4.69, 9.17) is 11.6 Å². The zero-order valence-corrected chi connectivity index (χ0v) is 22.5. The lowest BCUT2D eigenvalue weighted by molar-refractivity contribution is 0.0697. The van der Waals surface area contributed by atoms with Crippen molar-refractivity contribution in [1.82, 2.24) is 14.9 Å². The zero-order chi connectivity index (χ0) is 27.5. The van der Waals surface area contributed by atoms with Crippen molar-refractivity contribution in [1.29, 1.82) is 0 Å². The fraction of sp³-hybridized carbons (Fsp3) is 0.259. The van der Waals surface area contributed by atoms with Crippen molar-refractivity contribution >= 4 is 44.3 Å². The van der Waals surface area contributed by atoms with E-state index < -0.39 is 22.1 Å². The number of aryl methyl sites for hydroxylation is 1. The van der Waals surface area contributed by atoms with E-state index in [0.29, 0.717) is 29.7 Å². The number of rotatable bonds is 11. The molecule has 1 atom stereocenters. The number of fused-ring (bicyclic) bond motifs is 1. The Morgan fingerprint density at radius 2 is 1.84 bits per heavy atom. The van der Waals surface area contributed by atoms with Gasteiger partial charge in [-0.3, -0.25) is 4.72 Å². The molecule has 9 nitrogen and oxygen atoms in total. The molecule has 1 aromatic heterocycles. The van der Waals surface area contributed by atoms with E-state index in [-0.39, 0.29) is 27.6 Å². The number of aliphatic hydroxyl groups is 1. The molecule has 0 saturated carbocycles. The third-order valence-corrected chi connectivity index (χ3v) is 8.07. The van der Waals surface area contributed by atoms with Crippen molar-refractivity contribution in [2.45, 2.75) is 43.4 Å². The zero-order valence-electron chi connectivity index (χ0n) is 20.9. The second-order valence-electron chi connectivity index (χ2n) is 9.61. The minimum absolute atomic E-state index is 0.0114. The van der Waals surface area contributed by atoms with Gasteiger partial charge in [-0.05, 0) is 62.2 Å². The topological polar surface area (TPSA) is 134 Å². The molecule has 38 heavy (non-hydrogen) atoms. The SMILES string of the molecule is CC(C)(CCn1cnc2c(Cl)c(C(=O)O)ccc21)NC[C@H](O)c1cccc(NS(=O)(=O)c2ccccc2)c1. The first-order valence-electron chi connectivity index (χ1n) is 11.9. The third kappa shape index (κ3) is 6.33. The molecule has 0 aliphatic rings. The number of carbonyl (C=O) groups is 1. The molecule has 200 valence electrons. The summed E-state index contributed by atoms with van der Waals surface area (Å²) in [6.45, 7) is 4.87. The summed E-state index contributed by atoms with van der Waals surface area (Å²) in [5, 5.41) is 23.5. The highest BCUT2D eigenvalue weighted by atomic mass is 35.5. The summed E-state index contributed by atoms with van der Waals surface area (Å²) < 4.78 is 29.7. The summed E-state index contributed by atoms with van der Waals surface area (Å²) in [5.74, 6) is -1.10. The maximum atomic E-state index is 12.6. The van der Waals surface area contributed by atoms with Crippen molar-refractivity contribution in [3.63, 3.8) is 0 Å². The van der Waals surface area contributed by atoms with Crippen molar-refractivity contribution in [2.75, 3.05) is 11.3 Å². The van der Waals surface area contributed by atoms with Crippen LogP contribution in [0.4, 0.5) is 5.69 Å². The van der Waals surface area contributed by atoms with E-state index in [1.165, 1.54) is 18.2 Å². The first kappa shape index (κ1) is 27.6. The number of hydrogen-bond donors (Lipinski definition) is 4. The number of aliphatic hydroxyl groups excluding tert-OH is 1. The average molecular weight is 557 g/mol. The number of aromatic nitrogens is 2. The highest BCUT2D eigenvalue weighted by Crippen LogP contribution is 2.27. The van der Waals surface area contributed by atoms with Crippen molar-refractivity contribution < 1.29 is 23.4 Å². The van der Waals surface area contributed by atoms with Crippen LogP contribution in [0.5, 0.6) is 0 Å². The lowest BCUT2D eigenvalue weighted by atomic mass is 9.99. The van der Waals surface area contributed by atoms with E-state index in [1.807, 2.05) is 18.4 Å². The fourth-order valence-corrected chi connectivity index (χ4v) is 5.40. The van der Waals surface area contributed by atoms with Gasteiger partial charge in [0.1, 0.15) is 5.52 Å². The highest BCUT2D eigenvalue weighted by molar-refractivity contribution is 7.92. The Balaban J connectivity index is 1.37. The summed E-state index contributed by atoms with van der Waals surface area (Å²) in [6, 6.07) is 17.9. The molecule has 4 rings (SSSR count). The Hall–Kier alpha value is -3.44. The number of anilines is 1. The largest absolute Gasteiger partial charge is 0.478 e. The molecule has 0 unspecified atom stereocenters. The summed E-state index contributed by atoms with van der Waals surface area (Å²) in [5.41, 5.74) is 1.76. The molecule has 11 heteroatoms. The minimum Gasteiger partial charge on any atom is -0.478 e. The highest BCUT2D eigenvalue weighted by Gasteiger charge is 2.21. The average Bonchev–Trinajstić information content (AvgIpc) is 3.31. The molecule has 0 spiro atoms. The Labute approximate surface area is 226 Å². The van der Waals surface area contributed by atoms with Crippen molar-refractivity contribution in [3.05, 3.63) is 89.2 Å². The van der Waals surface area contributed by atoms with Crippen LogP contribution in [0.25, 0.3) is 11.0 Å². The number of β-amino-alcohol motifs (C(OH)–C–C–N with tert-alkyl or cyclic N) is 1. The molecule has 0 aliphatic heterocycles. The van der Waals surface area contributed by atoms with E-state index in [2.05, 4.69) is 15.0 Å². The lowest BCUT2D eigenvalue weighted by Crippen LogP contribution is -2.42. The van der Waals surface area contributed by atoms with Crippen LogP contribution in [0, 0.1) is 0 Å². The Bertz CT molecular complexity index is 1550. The second kappa shape index (κ2) is 11.1. The van der Waals surface area contributed by atoms with E-state index in [1.54, 1.807) is 54.9 Å². The second-order valence-corrected chi connectivity index (χ2v) is 11.7. The standard InChI is InChI=1S/C27H29ClN4O5S/c1-27(2,13-14-32-17-29-25-22(32)12-11-21(24(25)28)26(34)35)30-16-23(33)18-7-6-8-19(15-18)31-38(36,37)20-9-4-3-5-10-20/h3-12,15,17,23,30-31,33H,13-14,16H2,1-2H3,(H,34,35)/t23-/m0/s1. The van der Waals surface area contributed by atoms with E-state index >= 15 is 0 Å². The van der Waals surface area contributed by atoms with Gasteiger partial charge in [0.2, 0.25) is 0 Å². The number of halogens is 1. The molecule has 1 heterocycles. The van der Waals surface area contributed by atoms with Gasteiger partial charge < -0.3 is 20.1 Å². The van der Waals surface area contributed by atoms with Crippen LogP contribution in [0.2, 0.25) is 5.02 Å². The first-order chi connectivity index (χ1) is 18.0. The molecule has 4 N–H and O–H groups in total. The minimum atomic E-state index is -3.74. The Morgan fingerprint density at radius 1 is 1.11 bits per heavy atom. The van der Waals surface area contributed by atoms with Gasteiger partial charge in [-0.1, -0.05) is 41.9 Å². The van der Waals surface area contributed by atoms with Gasteiger partial charge in [0.15, 0.2) is 0 Å². The van der Waals surface area contributed by atoms with Gasteiger partial charge in [-0.25, -0.2) is 18.2 Å². The predicted molar refractivity (Wildman–Crippen MR) is 147 cm³/mol. The number of carboxylic acids is 1. The van der Waals surface area contributed by atoms with Crippen molar-refractivity contribution in [2.24, 2.45) is 0 Å². The molecule has 4 aromatic rings. The molecule has 3 aromatic carbocycles.